The molecule has 0 radical (unpaired) electrons. The predicted octanol–water partition coefficient (Wildman–Crippen LogP) is 3.50. The van der Waals surface area contributed by atoms with Gasteiger partial charge in [-0.25, -0.2) is 0 Å². The highest BCUT2D eigenvalue weighted by Gasteiger charge is 2.55. The van der Waals surface area contributed by atoms with Crippen molar-refractivity contribution in [2.45, 2.75) is 78.9 Å². The minimum Gasteiger partial charge on any atom is -0.462 e. The molecule has 136 valence electrons. The number of aryl methyl sites for hydroxylation is 2. The van der Waals surface area contributed by atoms with Crippen molar-refractivity contribution in [2.24, 2.45) is 12.5 Å². The van der Waals surface area contributed by atoms with Crippen molar-refractivity contribution < 1.29 is 14.3 Å². The molecule has 0 aliphatic heterocycles. The van der Waals surface area contributed by atoms with Gasteiger partial charge in [-0.3, -0.25) is 9.48 Å². The Balaban J connectivity index is 1.93. The van der Waals surface area contributed by atoms with Gasteiger partial charge >= 0.3 is 5.97 Å². The molecule has 1 heterocycles. The first-order valence-corrected chi connectivity index (χ1v) is 9.19. The minimum atomic E-state index is -0.108. The molecule has 1 aromatic heterocycles. The molecule has 24 heavy (non-hydrogen) atoms. The largest absolute Gasteiger partial charge is 0.462 e. The van der Waals surface area contributed by atoms with Crippen LogP contribution in [-0.2, 0) is 27.7 Å². The maximum atomic E-state index is 12.3. The van der Waals surface area contributed by atoms with Crippen molar-refractivity contribution in [3.05, 3.63) is 17.0 Å². The second-order valence-corrected chi connectivity index (χ2v) is 6.87. The highest BCUT2D eigenvalue weighted by Crippen LogP contribution is 2.50. The Hall–Kier alpha value is -1.36. The second-order valence-electron chi connectivity index (χ2n) is 6.87. The summed E-state index contributed by atoms with van der Waals surface area (Å²) in [5, 5.41) is 4.40. The van der Waals surface area contributed by atoms with Crippen LogP contribution in [0.4, 0.5) is 0 Å². The van der Waals surface area contributed by atoms with Crippen LogP contribution in [0.1, 0.15) is 63.4 Å². The van der Waals surface area contributed by atoms with E-state index in [1.54, 1.807) is 0 Å². The van der Waals surface area contributed by atoms with Gasteiger partial charge in [-0.05, 0) is 45.6 Å². The van der Waals surface area contributed by atoms with Crippen LogP contribution in [0.2, 0.25) is 0 Å². The number of carbonyl (C=O) groups is 1. The number of nitrogens with zero attached hydrogens (tertiary/aromatic N) is 2. The van der Waals surface area contributed by atoms with Crippen LogP contribution in [0, 0.1) is 19.3 Å². The lowest BCUT2D eigenvalue weighted by atomic mass is 9.60. The van der Waals surface area contributed by atoms with Crippen LogP contribution in [0.25, 0.3) is 0 Å². The lowest BCUT2D eigenvalue weighted by Gasteiger charge is -2.54. The van der Waals surface area contributed by atoms with Gasteiger partial charge in [0.2, 0.25) is 0 Å². The highest BCUT2D eigenvalue weighted by atomic mass is 16.6. The van der Waals surface area contributed by atoms with Crippen molar-refractivity contribution in [1.82, 2.24) is 9.78 Å². The van der Waals surface area contributed by atoms with Gasteiger partial charge < -0.3 is 9.47 Å². The summed E-state index contributed by atoms with van der Waals surface area (Å²) in [6.45, 7) is 11.1. The topological polar surface area (TPSA) is 53.4 Å². The lowest BCUT2D eigenvalue weighted by molar-refractivity contribution is -0.215. The Morgan fingerprint density at radius 3 is 2.42 bits per heavy atom. The van der Waals surface area contributed by atoms with Crippen molar-refractivity contribution in [1.29, 1.82) is 0 Å². The third kappa shape index (κ3) is 3.37. The predicted molar refractivity (Wildman–Crippen MR) is 93.9 cm³/mol. The average molecular weight is 336 g/mol. The summed E-state index contributed by atoms with van der Waals surface area (Å²) in [6.07, 6.45) is 4.10. The van der Waals surface area contributed by atoms with E-state index < -0.39 is 0 Å². The zero-order valence-electron chi connectivity index (χ0n) is 16.0. The number of hydrogen-bond donors (Lipinski definition) is 0. The normalized spacial score (nSPS) is 22.2. The van der Waals surface area contributed by atoms with E-state index in [4.69, 9.17) is 9.47 Å². The summed E-state index contributed by atoms with van der Waals surface area (Å²) in [7, 11) is 1.93. The maximum Gasteiger partial charge on any atom is 0.306 e. The van der Waals surface area contributed by atoms with E-state index in [9.17, 15) is 4.79 Å². The van der Waals surface area contributed by atoms with Crippen LogP contribution < -0.4 is 0 Å². The fourth-order valence-corrected chi connectivity index (χ4v) is 4.10. The van der Waals surface area contributed by atoms with E-state index in [1.807, 2.05) is 32.5 Å². The molecular formula is C19H32N2O3. The summed E-state index contributed by atoms with van der Waals surface area (Å²) in [4.78, 5) is 12.3. The Morgan fingerprint density at radius 2 is 1.92 bits per heavy atom. The lowest BCUT2D eigenvalue weighted by Crippen LogP contribution is -2.59. The summed E-state index contributed by atoms with van der Waals surface area (Å²) >= 11 is 0. The zero-order chi connectivity index (χ0) is 17.9. The van der Waals surface area contributed by atoms with E-state index in [0.29, 0.717) is 19.4 Å². The van der Waals surface area contributed by atoms with Gasteiger partial charge in [-0.1, -0.05) is 13.8 Å². The van der Waals surface area contributed by atoms with E-state index in [-0.39, 0.29) is 23.6 Å². The molecule has 0 aromatic carbocycles. The summed E-state index contributed by atoms with van der Waals surface area (Å²) in [5.41, 5.74) is 3.27. The first kappa shape index (κ1) is 19.0. The Bertz CT molecular complexity index is 575. The molecule has 0 spiro atoms. The molecule has 1 saturated carbocycles. The van der Waals surface area contributed by atoms with Crippen molar-refractivity contribution in [2.75, 3.05) is 6.61 Å². The van der Waals surface area contributed by atoms with Gasteiger partial charge in [0.25, 0.3) is 0 Å². The van der Waals surface area contributed by atoms with Crippen LogP contribution in [0.3, 0.4) is 0 Å². The zero-order valence-corrected chi connectivity index (χ0v) is 16.0. The molecule has 1 aliphatic carbocycles. The van der Waals surface area contributed by atoms with Crippen molar-refractivity contribution in [3.63, 3.8) is 0 Å². The van der Waals surface area contributed by atoms with Gasteiger partial charge in [-0.2, -0.15) is 5.10 Å². The number of ether oxygens (including phenoxy) is 2. The molecule has 0 N–H and O–H groups in total. The van der Waals surface area contributed by atoms with Crippen LogP contribution >= 0.6 is 0 Å². The van der Waals surface area contributed by atoms with Gasteiger partial charge in [0.15, 0.2) is 0 Å². The Kier molecular flexibility index (Phi) is 6.07. The van der Waals surface area contributed by atoms with Crippen molar-refractivity contribution >= 4 is 5.97 Å². The average Bonchev–Trinajstić information content (AvgIpc) is 2.78. The molecule has 5 nitrogen and oxygen atoms in total. The molecule has 5 heteroatoms. The van der Waals surface area contributed by atoms with Crippen LogP contribution in [-0.4, -0.2) is 34.6 Å². The van der Waals surface area contributed by atoms with E-state index in [1.165, 1.54) is 0 Å². The SMILES string of the molecule is CCO[C@H]1C[C@H](OC(=O)CCc2c(C)nn(C)c2C)C1(CC)CC. The molecule has 0 amide bonds. The van der Waals surface area contributed by atoms with Gasteiger partial charge in [0, 0.05) is 37.6 Å². The standard InChI is InChI=1S/C19H32N2O3/c1-7-19(8-2)16(23-9-3)12-17(19)24-18(22)11-10-15-13(4)20-21(6)14(15)5/h16-17H,7-12H2,1-6H3/t16-,17-/m0/s1. The molecule has 0 bridgehead atoms. The maximum absolute atomic E-state index is 12.3. The number of aromatic nitrogens is 2. The van der Waals surface area contributed by atoms with E-state index in [0.717, 1.165) is 36.2 Å². The van der Waals surface area contributed by atoms with Gasteiger partial charge in [0.1, 0.15) is 6.10 Å². The van der Waals surface area contributed by atoms with Gasteiger partial charge in [-0.15, -0.1) is 0 Å². The molecule has 1 aromatic rings. The minimum absolute atomic E-state index is 0.00681. The van der Waals surface area contributed by atoms with E-state index >= 15 is 0 Å². The highest BCUT2D eigenvalue weighted by molar-refractivity contribution is 5.70. The molecule has 0 unspecified atom stereocenters. The summed E-state index contributed by atoms with van der Waals surface area (Å²) < 4.78 is 13.5. The van der Waals surface area contributed by atoms with Crippen LogP contribution in [0.15, 0.2) is 0 Å². The number of hydrogen-bond acceptors (Lipinski definition) is 4. The third-order valence-electron chi connectivity index (χ3n) is 5.91. The van der Waals surface area contributed by atoms with Crippen LogP contribution in [0.5, 0.6) is 0 Å². The van der Waals surface area contributed by atoms with Gasteiger partial charge in [0.05, 0.1) is 11.8 Å². The molecule has 2 rings (SSSR count). The van der Waals surface area contributed by atoms with E-state index in [2.05, 4.69) is 18.9 Å². The Labute approximate surface area is 145 Å². The molecule has 1 fully saturated rings. The molecule has 2 atom stereocenters. The second kappa shape index (κ2) is 7.68. The molecule has 1 aliphatic rings. The third-order valence-corrected chi connectivity index (χ3v) is 5.91. The quantitative estimate of drug-likeness (QED) is 0.682. The van der Waals surface area contributed by atoms with Crippen molar-refractivity contribution in [3.8, 4) is 0 Å². The fourth-order valence-electron chi connectivity index (χ4n) is 4.10. The Morgan fingerprint density at radius 1 is 1.25 bits per heavy atom. The number of carbonyl (C=O) groups excluding carboxylic acids is 1. The summed E-state index contributed by atoms with van der Waals surface area (Å²) in [5.74, 6) is -0.108. The monoisotopic (exact) mass is 336 g/mol. The summed E-state index contributed by atoms with van der Waals surface area (Å²) in [6, 6.07) is 0. The number of esters is 1. The first-order chi connectivity index (χ1) is 11.4. The fraction of sp³-hybridized carbons (Fsp3) is 0.789. The first-order valence-electron chi connectivity index (χ1n) is 9.19. The smallest absolute Gasteiger partial charge is 0.306 e. The number of rotatable bonds is 8. The molecule has 0 saturated heterocycles. The molecular weight excluding hydrogens is 304 g/mol.